The number of terminal acetylenes is 1. The zero-order valence-corrected chi connectivity index (χ0v) is 8.99. The molecule has 3 nitrogen and oxygen atoms in total. The maximum absolute atomic E-state index is 5.38. The SMILES string of the molecule is C#CC(CC)NC(C)c1nccn1C. The maximum atomic E-state index is 5.38. The van der Waals surface area contributed by atoms with E-state index in [1.54, 1.807) is 6.20 Å². The summed E-state index contributed by atoms with van der Waals surface area (Å²) in [7, 11) is 1.98. The molecule has 0 saturated heterocycles. The molecule has 14 heavy (non-hydrogen) atoms. The van der Waals surface area contributed by atoms with Crippen LogP contribution in [-0.2, 0) is 7.05 Å². The van der Waals surface area contributed by atoms with Crippen LogP contribution < -0.4 is 5.32 Å². The van der Waals surface area contributed by atoms with Crippen molar-refractivity contribution in [2.75, 3.05) is 0 Å². The molecule has 0 fully saturated rings. The minimum Gasteiger partial charge on any atom is -0.337 e. The first-order valence-electron chi connectivity index (χ1n) is 4.88. The molecule has 0 aliphatic carbocycles. The highest BCUT2D eigenvalue weighted by Crippen LogP contribution is 2.09. The molecule has 0 amide bonds. The van der Waals surface area contributed by atoms with Crippen LogP contribution in [0.3, 0.4) is 0 Å². The molecular weight excluding hydrogens is 174 g/mol. The van der Waals surface area contributed by atoms with E-state index in [0.29, 0.717) is 0 Å². The first-order valence-corrected chi connectivity index (χ1v) is 4.88. The number of hydrogen-bond acceptors (Lipinski definition) is 2. The average Bonchev–Trinajstić information content (AvgIpc) is 2.60. The molecule has 2 atom stereocenters. The summed E-state index contributed by atoms with van der Waals surface area (Å²) in [5, 5.41) is 3.34. The van der Waals surface area contributed by atoms with E-state index in [4.69, 9.17) is 6.42 Å². The quantitative estimate of drug-likeness (QED) is 0.731. The summed E-state index contributed by atoms with van der Waals surface area (Å²) in [4.78, 5) is 4.27. The third kappa shape index (κ3) is 2.36. The van der Waals surface area contributed by atoms with Crippen molar-refractivity contribution in [3.05, 3.63) is 18.2 Å². The summed E-state index contributed by atoms with van der Waals surface area (Å²) in [6.07, 6.45) is 10.0. The minimum atomic E-state index is 0.127. The largest absolute Gasteiger partial charge is 0.337 e. The van der Waals surface area contributed by atoms with Crippen molar-refractivity contribution in [2.24, 2.45) is 7.05 Å². The fraction of sp³-hybridized carbons (Fsp3) is 0.545. The first-order chi connectivity index (χ1) is 6.69. The molecule has 1 heterocycles. The first kappa shape index (κ1) is 10.8. The molecule has 1 N–H and O–H groups in total. The van der Waals surface area contributed by atoms with E-state index in [-0.39, 0.29) is 12.1 Å². The predicted octanol–water partition coefficient (Wildman–Crippen LogP) is 1.48. The average molecular weight is 191 g/mol. The van der Waals surface area contributed by atoms with E-state index in [1.807, 2.05) is 17.8 Å². The van der Waals surface area contributed by atoms with Gasteiger partial charge in [-0.25, -0.2) is 4.98 Å². The number of nitrogens with one attached hydrogen (secondary N) is 1. The lowest BCUT2D eigenvalue weighted by Gasteiger charge is -2.17. The van der Waals surface area contributed by atoms with Crippen molar-refractivity contribution in [3.63, 3.8) is 0 Å². The Kier molecular flexibility index (Phi) is 3.73. The summed E-state index contributed by atoms with van der Waals surface area (Å²) < 4.78 is 2.00. The zero-order valence-electron chi connectivity index (χ0n) is 8.99. The molecule has 0 saturated carbocycles. The van der Waals surface area contributed by atoms with Crippen LogP contribution >= 0.6 is 0 Å². The molecule has 0 bridgehead atoms. The van der Waals surface area contributed by atoms with Crippen LogP contribution in [0.5, 0.6) is 0 Å². The van der Waals surface area contributed by atoms with Gasteiger partial charge in [0.05, 0.1) is 12.1 Å². The van der Waals surface area contributed by atoms with Crippen LogP contribution in [0.1, 0.15) is 32.1 Å². The summed E-state index contributed by atoms with van der Waals surface area (Å²) >= 11 is 0. The maximum Gasteiger partial charge on any atom is 0.125 e. The van der Waals surface area contributed by atoms with Crippen molar-refractivity contribution >= 4 is 0 Å². The second kappa shape index (κ2) is 4.83. The van der Waals surface area contributed by atoms with Gasteiger partial charge in [0.1, 0.15) is 5.82 Å². The molecule has 1 aromatic rings. The van der Waals surface area contributed by atoms with Gasteiger partial charge >= 0.3 is 0 Å². The summed E-state index contributed by atoms with van der Waals surface area (Å²) in [6, 6.07) is 0.317. The van der Waals surface area contributed by atoms with Gasteiger partial charge < -0.3 is 4.57 Å². The van der Waals surface area contributed by atoms with E-state index in [2.05, 4.69) is 30.1 Å². The number of aromatic nitrogens is 2. The van der Waals surface area contributed by atoms with Gasteiger partial charge in [-0.2, -0.15) is 0 Å². The normalized spacial score (nSPS) is 14.7. The smallest absolute Gasteiger partial charge is 0.125 e. The Balaban J connectivity index is 2.63. The Hall–Kier alpha value is -1.27. The lowest BCUT2D eigenvalue weighted by molar-refractivity contribution is 0.483. The second-order valence-corrected chi connectivity index (χ2v) is 3.41. The van der Waals surface area contributed by atoms with Gasteiger partial charge in [-0.1, -0.05) is 12.8 Å². The van der Waals surface area contributed by atoms with Crippen molar-refractivity contribution in [2.45, 2.75) is 32.4 Å². The molecule has 76 valence electrons. The number of nitrogens with zero attached hydrogens (tertiary/aromatic N) is 2. The zero-order chi connectivity index (χ0) is 10.6. The monoisotopic (exact) mass is 191 g/mol. The Morgan fingerprint density at radius 2 is 2.43 bits per heavy atom. The van der Waals surface area contributed by atoms with Crippen LogP contribution in [0, 0.1) is 12.3 Å². The highest BCUT2D eigenvalue weighted by Gasteiger charge is 2.12. The topological polar surface area (TPSA) is 29.9 Å². The van der Waals surface area contributed by atoms with Gasteiger partial charge in [-0.05, 0) is 13.3 Å². The highest BCUT2D eigenvalue weighted by atomic mass is 15.1. The Morgan fingerprint density at radius 3 is 2.86 bits per heavy atom. The standard InChI is InChI=1S/C11H17N3/c1-5-10(6-2)13-9(3)11-12-7-8-14(11)4/h1,7-10,13H,6H2,2-4H3. The molecule has 0 aliphatic rings. The van der Waals surface area contributed by atoms with Crippen LogP contribution in [0.15, 0.2) is 12.4 Å². The fourth-order valence-corrected chi connectivity index (χ4v) is 1.45. The van der Waals surface area contributed by atoms with Crippen molar-refractivity contribution in [1.82, 2.24) is 14.9 Å². The predicted molar refractivity (Wildman–Crippen MR) is 57.7 cm³/mol. The second-order valence-electron chi connectivity index (χ2n) is 3.41. The van der Waals surface area contributed by atoms with Gasteiger partial charge in [0, 0.05) is 19.4 Å². The number of rotatable bonds is 4. The third-order valence-electron chi connectivity index (χ3n) is 2.31. The molecule has 0 aliphatic heterocycles. The molecule has 2 unspecified atom stereocenters. The summed E-state index contributed by atoms with van der Waals surface area (Å²) in [5.41, 5.74) is 0. The van der Waals surface area contributed by atoms with Crippen molar-refractivity contribution < 1.29 is 0 Å². The van der Waals surface area contributed by atoms with Gasteiger partial charge in [0.2, 0.25) is 0 Å². The molecule has 0 radical (unpaired) electrons. The lowest BCUT2D eigenvalue weighted by atomic mass is 10.2. The molecule has 3 heteroatoms. The van der Waals surface area contributed by atoms with Gasteiger partial charge in [0.15, 0.2) is 0 Å². The number of imidazole rings is 1. The molecule has 0 spiro atoms. The van der Waals surface area contributed by atoms with Gasteiger partial charge in [-0.3, -0.25) is 5.32 Å². The highest BCUT2D eigenvalue weighted by molar-refractivity contribution is 5.03. The molecule has 1 rings (SSSR count). The summed E-state index contributed by atoms with van der Waals surface area (Å²) in [5.74, 6) is 3.73. The Morgan fingerprint density at radius 1 is 1.71 bits per heavy atom. The molecule has 0 aromatic carbocycles. The van der Waals surface area contributed by atoms with E-state index >= 15 is 0 Å². The Bertz CT molecular complexity index is 322. The minimum absolute atomic E-state index is 0.127. The van der Waals surface area contributed by atoms with E-state index in [9.17, 15) is 0 Å². The van der Waals surface area contributed by atoms with E-state index in [0.717, 1.165) is 12.2 Å². The van der Waals surface area contributed by atoms with Crippen molar-refractivity contribution in [1.29, 1.82) is 0 Å². The van der Waals surface area contributed by atoms with E-state index < -0.39 is 0 Å². The van der Waals surface area contributed by atoms with Crippen LogP contribution in [0.25, 0.3) is 0 Å². The molecule has 1 aromatic heterocycles. The van der Waals surface area contributed by atoms with Gasteiger partial charge in [-0.15, -0.1) is 6.42 Å². The molecular formula is C11H17N3. The fourth-order valence-electron chi connectivity index (χ4n) is 1.45. The van der Waals surface area contributed by atoms with Crippen molar-refractivity contribution in [3.8, 4) is 12.3 Å². The number of hydrogen-bond donors (Lipinski definition) is 1. The lowest BCUT2D eigenvalue weighted by Crippen LogP contribution is -2.31. The van der Waals surface area contributed by atoms with Crippen LogP contribution in [0.2, 0.25) is 0 Å². The number of aryl methyl sites for hydroxylation is 1. The van der Waals surface area contributed by atoms with Crippen LogP contribution in [0.4, 0.5) is 0 Å². The van der Waals surface area contributed by atoms with E-state index in [1.165, 1.54) is 0 Å². The Labute approximate surface area is 85.5 Å². The summed E-state index contributed by atoms with van der Waals surface area (Å²) in [6.45, 7) is 4.14. The van der Waals surface area contributed by atoms with Crippen LogP contribution in [-0.4, -0.2) is 15.6 Å². The van der Waals surface area contributed by atoms with Gasteiger partial charge in [0.25, 0.3) is 0 Å². The third-order valence-corrected chi connectivity index (χ3v) is 2.31.